The van der Waals surface area contributed by atoms with Crippen molar-refractivity contribution in [2.24, 2.45) is 0 Å². The Morgan fingerprint density at radius 2 is 1.81 bits per heavy atom. The van der Waals surface area contributed by atoms with Crippen molar-refractivity contribution in [1.82, 2.24) is 9.03 Å². The van der Waals surface area contributed by atoms with Gasteiger partial charge in [0.2, 0.25) is 0 Å². The summed E-state index contributed by atoms with van der Waals surface area (Å²) in [7, 11) is -4.08. The van der Waals surface area contributed by atoms with Gasteiger partial charge in [-0.25, -0.2) is 9.11 Å². The number of hydrogen-bond acceptors (Lipinski definition) is 5. The Balaban J connectivity index is 1.72. The van der Waals surface area contributed by atoms with Gasteiger partial charge in [0.15, 0.2) is 5.75 Å². The summed E-state index contributed by atoms with van der Waals surface area (Å²) >= 11 is 11.7. The molecule has 0 aliphatic carbocycles. The van der Waals surface area contributed by atoms with Crippen LogP contribution in [-0.4, -0.2) is 38.1 Å². The van der Waals surface area contributed by atoms with Crippen molar-refractivity contribution in [1.29, 1.82) is 0 Å². The number of nitrogens with zero attached hydrogens (tertiary/aromatic N) is 1. The number of ether oxygens (including phenoxy) is 2. The molecule has 1 saturated heterocycles. The van der Waals surface area contributed by atoms with E-state index in [4.69, 9.17) is 27.9 Å². The molecule has 0 aromatic heterocycles. The van der Waals surface area contributed by atoms with Gasteiger partial charge >= 0.3 is 16.6 Å². The molecule has 1 fully saturated rings. The van der Waals surface area contributed by atoms with Gasteiger partial charge in [0.25, 0.3) is 5.91 Å². The summed E-state index contributed by atoms with van der Waals surface area (Å²) in [6.07, 6.45) is -4.31. The zero-order valence-electron chi connectivity index (χ0n) is 15.9. The molecule has 0 unspecified atom stereocenters. The predicted octanol–water partition coefficient (Wildman–Crippen LogP) is 4.29. The molecule has 1 aliphatic heterocycles. The Bertz CT molecular complexity index is 1140. The fourth-order valence-electron chi connectivity index (χ4n) is 2.57. The molecule has 7 nitrogen and oxygen atoms in total. The molecule has 0 bridgehead atoms. The number of rotatable bonds is 7. The van der Waals surface area contributed by atoms with Crippen LogP contribution < -0.4 is 14.2 Å². The van der Waals surface area contributed by atoms with Crippen molar-refractivity contribution in [2.45, 2.75) is 19.4 Å². The lowest BCUT2D eigenvalue weighted by Crippen LogP contribution is -2.49. The predicted molar refractivity (Wildman–Crippen MR) is 106 cm³/mol. The van der Waals surface area contributed by atoms with Gasteiger partial charge in [-0.3, -0.25) is 4.79 Å². The van der Waals surface area contributed by atoms with Crippen LogP contribution >= 0.6 is 23.2 Å². The molecule has 2 aromatic carbocycles. The quantitative estimate of drug-likeness (QED) is 0.555. The molecule has 14 heteroatoms. The zero-order valence-corrected chi connectivity index (χ0v) is 18.2. The number of carbonyl (C=O) groups excluding carboxylic acids is 1. The molecule has 0 radical (unpaired) electrons. The van der Waals surface area contributed by atoms with Crippen molar-refractivity contribution in [3.63, 3.8) is 0 Å². The minimum atomic E-state index is -4.96. The van der Waals surface area contributed by atoms with Crippen molar-refractivity contribution >= 4 is 39.3 Å². The smallest absolute Gasteiger partial charge is 0.489 e. The third kappa shape index (κ3) is 5.94. The van der Waals surface area contributed by atoms with Gasteiger partial charge in [0, 0.05) is 29.7 Å². The van der Waals surface area contributed by atoms with E-state index in [2.05, 4.69) is 4.74 Å². The maximum Gasteiger partial charge on any atom is 0.573 e. The first-order valence-corrected chi connectivity index (χ1v) is 11.0. The Morgan fingerprint density at radius 3 is 2.41 bits per heavy atom. The third-order valence-electron chi connectivity index (χ3n) is 4.28. The van der Waals surface area contributed by atoms with Gasteiger partial charge in [0.1, 0.15) is 18.2 Å². The number of hydrogen-bond donors (Lipinski definition) is 1. The maximum absolute atomic E-state index is 14.4. The Kier molecular flexibility index (Phi) is 7.08. The second-order valence-electron chi connectivity index (χ2n) is 6.54. The topological polar surface area (TPSA) is 84.9 Å². The average Bonchev–Trinajstić information content (AvgIpc) is 2.60. The van der Waals surface area contributed by atoms with E-state index in [-0.39, 0.29) is 41.1 Å². The first-order valence-electron chi connectivity index (χ1n) is 8.84. The van der Waals surface area contributed by atoms with E-state index in [0.29, 0.717) is 6.42 Å². The number of benzene rings is 2. The summed E-state index contributed by atoms with van der Waals surface area (Å²) in [5.74, 6) is -3.03. The van der Waals surface area contributed by atoms with Crippen molar-refractivity contribution in [2.75, 3.05) is 13.1 Å². The molecule has 0 atom stereocenters. The summed E-state index contributed by atoms with van der Waals surface area (Å²) in [6.45, 7) is 0.127. The molecule has 174 valence electrons. The Morgan fingerprint density at radius 1 is 1.12 bits per heavy atom. The van der Waals surface area contributed by atoms with Crippen LogP contribution in [0.4, 0.5) is 17.6 Å². The third-order valence-corrected chi connectivity index (χ3v) is 6.43. The van der Waals surface area contributed by atoms with Crippen molar-refractivity contribution in [3.8, 4) is 11.5 Å². The van der Waals surface area contributed by atoms with E-state index in [1.54, 1.807) is 4.72 Å². The molecule has 1 N–H and O–H groups in total. The number of nitrogens with one attached hydrogen (secondary N) is 1. The van der Waals surface area contributed by atoms with E-state index in [1.807, 2.05) is 0 Å². The summed E-state index contributed by atoms with van der Waals surface area (Å²) < 4.78 is 87.6. The first-order chi connectivity index (χ1) is 14.9. The summed E-state index contributed by atoms with van der Waals surface area (Å²) in [4.78, 5) is 12.2. The Labute approximate surface area is 190 Å². The fourth-order valence-corrected chi connectivity index (χ4v) is 4.16. The second-order valence-corrected chi connectivity index (χ2v) is 9.03. The van der Waals surface area contributed by atoms with Crippen LogP contribution in [0.15, 0.2) is 30.3 Å². The lowest BCUT2D eigenvalue weighted by Gasteiger charge is -2.29. The van der Waals surface area contributed by atoms with Crippen LogP contribution in [0.3, 0.4) is 0 Å². The van der Waals surface area contributed by atoms with E-state index >= 15 is 0 Å². The molecule has 3 rings (SSSR count). The monoisotopic (exact) mass is 516 g/mol. The van der Waals surface area contributed by atoms with E-state index < -0.39 is 39.6 Å². The van der Waals surface area contributed by atoms with E-state index in [0.717, 1.165) is 28.6 Å². The zero-order chi connectivity index (χ0) is 23.7. The molecular weight excluding hydrogens is 503 g/mol. The summed E-state index contributed by atoms with van der Waals surface area (Å²) in [5.41, 5.74) is -0.547. The van der Waals surface area contributed by atoms with Crippen LogP contribution in [0, 0.1) is 5.82 Å². The normalized spacial score (nSPS) is 14.6. The SMILES string of the molecule is O=C(NS(=O)(=O)N1CCC1)c1cc(Cl)c(COc2ccc(Cl)c(OC(F)(F)F)c2)cc1F. The Hall–Kier alpha value is -2.28. The highest BCUT2D eigenvalue weighted by Crippen LogP contribution is 2.34. The average molecular weight is 517 g/mol. The highest BCUT2D eigenvalue weighted by Gasteiger charge is 2.32. The maximum atomic E-state index is 14.4. The number of alkyl halides is 3. The molecular formula is C18H14Cl2F4N2O5S. The second kappa shape index (κ2) is 9.30. The summed E-state index contributed by atoms with van der Waals surface area (Å²) in [6, 6.07) is 5.06. The number of carbonyl (C=O) groups is 1. The van der Waals surface area contributed by atoms with Gasteiger partial charge in [-0.2, -0.15) is 12.7 Å². The minimum Gasteiger partial charge on any atom is -0.489 e. The van der Waals surface area contributed by atoms with Gasteiger partial charge in [-0.15, -0.1) is 13.2 Å². The van der Waals surface area contributed by atoms with Crippen LogP contribution in [0.1, 0.15) is 22.3 Å². The largest absolute Gasteiger partial charge is 0.573 e. The standard InChI is InChI=1S/C18H14Cl2F4N2O5S/c19-13-3-2-11(7-16(13)31-18(22,23)24)30-9-10-6-15(21)12(8-14(10)20)17(27)25-32(28,29)26-4-1-5-26/h2-3,6-8H,1,4-5,9H2,(H,25,27). The molecule has 1 heterocycles. The van der Waals surface area contributed by atoms with Gasteiger partial charge in [-0.1, -0.05) is 23.2 Å². The first kappa shape index (κ1) is 24.4. The molecule has 2 aromatic rings. The lowest BCUT2D eigenvalue weighted by atomic mass is 10.1. The van der Waals surface area contributed by atoms with Crippen LogP contribution in [-0.2, 0) is 16.8 Å². The molecule has 1 aliphatic rings. The van der Waals surface area contributed by atoms with Crippen LogP contribution in [0.5, 0.6) is 11.5 Å². The van der Waals surface area contributed by atoms with E-state index in [1.165, 1.54) is 6.07 Å². The van der Waals surface area contributed by atoms with Gasteiger partial charge in [-0.05, 0) is 30.7 Å². The lowest BCUT2D eigenvalue weighted by molar-refractivity contribution is -0.274. The van der Waals surface area contributed by atoms with Crippen molar-refractivity contribution in [3.05, 3.63) is 57.3 Å². The molecule has 0 saturated carbocycles. The highest BCUT2D eigenvalue weighted by atomic mass is 35.5. The van der Waals surface area contributed by atoms with Crippen LogP contribution in [0.25, 0.3) is 0 Å². The van der Waals surface area contributed by atoms with Crippen LogP contribution in [0.2, 0.25) is 10.0 Å². The number of halogens is 6. The summed E-state index contributed by atoms with van der Waals surface area (Å²) in [5, 5.41) is -0.430. The molecule has 32 heavy (non-hydrogen) atoms. The minimum absolute atomic E-state index is 0.0551. The molecule has 1 amide bonds. The number of amides is 1. The fraction of sp³-hybridized carbons (Fsp3) is 0.278. The highest BCUT2D eigenvalue weighted by molar-refractivity contribution is 7.87. The van der Waals surface area contributed by atoms with Gasteiger partial charge in [0.05, 0.1) is 10.6 Å². The van der Waals surface area contributed by atoms with Gasteiger partial charge < -0.3 is 9.47 Å². The van der Waals surface area contributed by atoms with Crippen molar-refractivity contribution < 1.29 is 40.2 Å². The molecule has 0 spiro atoms. The van der Waals surface area contributed by atoms with E-state index in [9.17, 15) is 30.8 Å².